The van der Waals surface area contributed by atoms with E-state index in [9.17, 15) is 0 Å². The lowest BCUT2D eigenvalue weighted by molar-refractivity contribution is 0.0986. The van der Waals surface area contributed by atoms with Crippen LogP contribution in [0.15, 0.2) is 64.0 Å². The zero-order valence-electron chi connectivity index (χ0n) is 20.1. The Balaban J connectivity index is 1.39. The highest BCUT2D eigenvalue weighted by Crippen LogP contribution is 2.31. The first kappa shape index (κ1) is 23.5. The van der Waals surface area contributed by atoms with Gasteiger partial charge in [-0.05, 0) is 75.6 Å². The van der Waals surface area contributed by atoms with Crippen molar-refractivity contribution in [3.05, 3.63) is 54.4 Å². The van der Waals surface area contributed by atoms with E-state index in [1.54, 1.807) is 11.8 Å². The normalized spacial score (nSPS) is 16.7. The van der Waals surface area contributed by atoms with Crippen LogP contribution in [0, 0.1) is 0 Å². The molecule has 1 aliphatic heterocycles. The lowest BCUT2D eigenvalue weighted by Crippen LogP contribution is -2.31. The summed E-state index contributed by atoms with van der Waals surface area (Å²) in [6.07, 6.45) is 5.10. The van der Waals surface area contributed by atoms with Gasteiger partial charge in [-0.25, -0.2) is 0 Å². The molecular weight excluding hydrogens is 462 g/mol. The fourth-order valence-electron chi connectivity index (χ4n) is 4.23. The lowest BCUT2D eigenvalue weighted by atomic mass is 10.2. The smallest absolute Gasteiger partial charge is 0.200 e. The standard InChI is InChI=1S/C25H29N7O2S/c1-17(29-34-11-10-33)18-4-7-24-27-28-25(32(24)15-18)35-22-5-6-23-19(13-22)12-21(14-26-23)31-9-8-20(16-31)30(2)3/h4-7,12-15,20,33H,8-11,16H2,1-3H3/b29-17+/t20-/m0/s1. The summed E-state index contributed by atoms with van der Waals surface area (Å²) in [6, 6.07) is 12.9. The molecule has 1 atom stereocenters. The van der Waals surface area contributed by atoms with Crippen LogP contribution in [0.4, 0.5) is 5.69 Å². The number of hydrogen-bond donors (Lipinski definition) is 1. The summed E-state index contributed by atoms with van der Waals surface area (Å²) in [7, 11) is 4.29. The van der Waals surface area contributed by atoms with Gasteiger partial charge in [0.1, 0.15) is 6.61 Å². The predicted molar refractivity (Wildman–Crippen MR) is 138 cm³/mol. The van der Waals surface area contributed by atoms with Crippen molar-refractivity contribution in [3.63, 3.8) is 0 Å². The van der Waals surface area contributed by atoms with E-state index in [-0.39, 0.29) is 13.2 Å². The number of aromatic nitrogens is 4. The zero-order valence-corrected chi connectivity index (χ0v) is 20.9. The van der Waals surface area contributed by atoms with Crippen molar-refractivity contribution in [3.8, 4) is 0 Å². The maximum absolute atomic E-state index is 8.88. The molecule has 1 N–H and O–H groups in total. The van der Waals surface area contributed by atoms with Crippen LogP contribution in [0.25, 0.3) is 16.6 Å². The van der Waals surface area contributed by atoms with E-state index in [1.165, 1.54) is 12.1 Å². The maximum atomic E-state index is 8.88. The molecule has 1 aromatic carbocycles. The second kappa shape index (κ2) is 10.2. The minimum Gasteiger partial charge on any atom is -0.393 e. The number of likely N-dealkylation sites (N-methyl/N-ethyl adjacent to an activating group) is 1. The Morgan fingerprint density at radius 3 is 2.91 bits per heavy atom. The van der Waals surface area contributed by atoms with Crippen LogP contribution in [-0.4, -0.2) is 81.7 Å². The summed E-state index contributed by atoms with van der Waals surface area (Å²) in [4.78, 5) is 15.6. The molecule has 0 amide bonds. The van der Waals surface area contributed by atoms with Gasteiger partial charge in [-0.2, -0.15) is 0 Å². The van der Waals surface area contributed by atoms with Crippen LogP contribution < -0.4 is 4.90 Å². The first-order valence-corrected chi connectivity index (χ1v) is 12.4. The number of fused-ring (bicyclic) bond motifs is 2. The van der Waals surface area contributed by atoms with Crippen molar-refractivity contribution >= 4 is 39.7 Å². The topological polar surface area (TPSA) is 91.4 Å². The van der Waals surface area contributed by atoms with E-state index in [0.717, 1.165) is 45.3 Å². The molecule has 0 radical (unpaired) electrons. The first-order chi connectivity index (χ1) is 17.0. The van der Waals surface area contributed by atoms with Crippen LogP contribution in [0.1, 0.15) is 18.9 Å². The average Bonchev–Trinajstić information content (AvgIpc) is 3.51. The second-order valence-electron chi connectivity index (χ2n) is 8.86. The SMILES string of the molecule is C/C(=N\OCCO)c1ccc2nnc(Sc3ccc4ncc(N5CC[C@H](N(C)C)C5)cc4c3)n2c1. The van der Waals surface area contributed by atoms with Crippen LogP contribution in [0.5, 0.6) is 0 Å². The quantitative estimate of drug-likeness (QED) is 0.228. The highest BCUT2D eigenvalue weighted by Gasteiger charge is 2.24. The molecule has 0 aliphatic carbocycles. The molecule has 1 aliphatic rings. The number of anilines is 1. The molecule has 0 saturated carbocycles. The van der Waals surface area contributed by atoms with Crippen molar-refractivity contribution < 1.29 is 9.94 Å². The van der Waals surface area contributed by atoms with Gasteiger partial charge in [0.25, 0.3) is 0 Å². The summed E-state index contributed by atoms with van der Waals surface area (Å²) >= 11 is 1.56. The predicted octanol–water partition coefficient (Wildman–Crippen LogP) is 3.30. The Bertz CT molecular complexity index is 1370. The number of aliphatic hydroxyl groups excluding tert-OH is 1. The molecule has 0 bridgehead atoms. The van der Waals surface area contributed by atoms with Crippen LogP contribution in [0.2, 0.25) is 0 Å². The van der Waals surface area contributed by atoms with E-state index in [0.29, 0.717) is 11.8 Å². The summed E-state index contributed by atoms with van der Waals surface area (Å²) < 4.78 is 1.95. The van der Waals surface area contributed by atoms with Gasteiger partial charge in [-0.3, -0.25) is 9.38 Å². The fraction of sp³-hybridized carbons (Fsp3) is 0.360. The van der Waals surface area contributed by atoms with Crippen LogP contribution in [-0.2, 0) is 4.84 Å². The number of rotatable bonds is 8. The molecule has 3 aromatic heterocycles. The molecule has 9 nitrogen and oxygen atoms in total. The van der Waals surface area contributed by atoms with E-state index < -0.39 is 0 Å². The molecule has 4 heterocycles. The Morgan fingerprint density at radius 2 is 2.11 bits per heavy atom. The Kier molecular flexibility index (Phi) is 6.85. The van der Waals surface area contributed by atoms with Gasteiger partial charge in [0.15, 0.2) is 10.8 Å². The minimum atomic E-state index is -0.0700. The van der Waals surface area contributed by atoms with Gasteiger partial charge >= 0.3 is 0 Å². The average molecular weight is 492 g/mol. The van der Waals surface area contributed by atoms with Gasteiger partial charge in [0.2, 0.25) is 0 Å². The molecule has 0 unspecified atom stereocenters. The minimum absolute atomic E-state index is 0.0700. The van der Waals surface area contributed by atoms with Crippen molar-refractivity contribution in [2.45, 2.75) is 29.4 Å². The largest absolute Gasteiger partial charge is 0.393 e. The Hall–Kier alpha value is -3.21. The number of pyridine rings is 2. The summed E-state index contributed by atoms with van der Waals surface area (Å²) in [5, 5.41) is 23.5. The first-order valence-electron chi connectivity index (χ1n) is 11.6. The number of hydrogen-bond acceptors (Lipinski definition) is 9. The van der Waals surface area contributed by atoms with Gasteiger partial charge in [-0.15, -0.1) is 10.2 Å². The summed E-state index contributed by atoms with van der Waals surface area (Å²) in [6.45, 7) is 4.03. The maximum Gasteiger partial charge on any atom is 0.200 e. The fourth-order valence-corrected chi connectivity index (χ4v) is 5.09. The highest BCUT2D eigenvalue weighted by atomic mass is 32.2. The van der Waals surface area contributed by atoms with Crippen molar-refractivity contribution in [2.75, 3.05) is 45.3 Å². The number of aliphatic hydroxyl groups is 1. The number of nitrogens with zero attached hydrogens (tertiary/aromatic N) is 7. The summed E-state index contributed by atoms with van der Waals surface area (Å²) in [5.74, 6) is 0. The van der Waals surface area contributed by atoms with Gasteiger partial charge < -0.3 is 19.7 Å². The molecule has 182 valence electrons. The van der Waals surface area contributed by atoms with E-state index in [4.69, 9.17) is 14.9 Å². The van der Waals surface area contributed by atoms with E-state index in [2.05, 4.69) is 63.5 Å². The van der Waals surface area contributed by atoms with E-state index in [1.807, 2.05) is 35.9 Å². The molecule has 5 rings (SSSR count). The third-order valence-corrected chi connectivity index (χ3v) is 7.23. The number of oxime groups is 1. The van der Waals surface area contributed by atoms with Crippen molar-refractivity contribution in [1.82, 2.24) is 24.5 Å². The molecule has 1 saturated heterocycles. The molecule has 10 heteroatoms. The lowest BCUT2D eigenvalue weighted by Gasteiger charge is -2.21. The van der Waals surface area contributed by atoms with Crippen LogP contribution >= 0.6 is 11.8 Å². The summed E-state index contributed by atoms with van der Waals surface area (Å²) in [5.41, 5.74) is 4.51. The molecule has 35 heavy (non-hydrogen) atoms. The van der Waals surface area contributed by atoms with E-state index >= 15 is 0 Å². The zero-order chi connectivity index (χ0) is 24.4. The monoisotopic (exact) mass is 491 g/mol. The third kappa shape index (κ3) is 5.09. The Morgan fingerprint density at radius 1 is 1.23 bits per heavy atom. The molecular formula is C25H29N7O2S. The molecule has 4 aromatic rings. The molecule has 0 spiro atoms. The van der Waals surface area contributed by atoms with Gasteiger partial charge in [0, 0.05) is 41.2 Å². The highest BCUT2D eigenvalue weighted by molar-refractivity contribution is 7.99. The van der Waals surface area contributed by atoms with Gasteiger partial charge in [-0.1, -0.05) is 5.16 Å². The van der Waals surface area contributed by atoms with Gasteiger partial charge in [0.05, 0.1) is 29.7 Å². The van der Waals surface area contributed by atoms with Crippen molar-refractivity contribution in [1.29, 1.82) is 0 Å². The Labute approximate surface area is 208 Å². The van der Waals surface area contributed by atoms with Crippen molar-refractivity contribution in [2.24, 2.45) is 5.16 Å². The van der Waals surface area contributed by atoms with Crippen LogP contribution in [0.3, 0.4) is 0 Å². The molecule has 1 fully saturated rings. The number of benzene rings is 1. The third-order valence-electron chi connectivity index (χ3n) is 6.28. The second-order valence-corrected chi connectivity index (χ2v) is 9.90.